The number of hydrogen-bond donors (Lipinski definition) is 1. The summed E-state index contributed by atoms with van der Waals surface area (Å²) >= 11 is 0. The van der Waals surface area contributed by atoms with Gasteiger partial charge in [0, 0.05) is 5.56 Å². The van der Waals surface area contributed by atoms with Crippen LogP contribution in [0.4, 0.5) is 0 Å². The number of aryl methyl sites for hydroxylation is 1. The molecule has 110 valence electrons. The van der Waals surface area contributed by atoms with Gasteiger partial charge in [-0.25, -0.2) is 13.1 Å². The van der Waals surface area contributed by atoms with Gasteiger partial charge < -0.3 is 4.74 Å². The maximum atomic E-state index is 12.4. The first-order valence-electron chi connectivity index (χ1n) is 6.93. The second-order valence-corrected chi connectivity index (χ2v) is 6.73. The van der Waals surface area contributed by atoms with E-state index in [1.165, 1.54) is 0 Å². The van der Waals surface area contributed by atoms with Gasteiger partial charge in [0.25, 0.3) is 0 Å². The standard InChI is InChI=1S/C16H17NO3S/c1-2-12-7-9-13(10-8-12)21(18,19)17-15-11-20-16-6-4-3-5-14(15)16/h3-10,15,17H,2,11H2,1H3. The smallest absolute Gasteiger partial charge is 0.241 e. The quantitative estimate of drug-likeness (QED) is 0.944. The molecule has 0 aliphatic carbocycles. The molecule has 0 fully saturated rings. The summed E-state index contributed by atoms with van der Waals surface area (Å²) in [6, 6.07) is 14.1. The van der Waals surface area contributed by atoms with Crippen LogP contribution in [0.2, 0.25) is 0 Å². The molecule has 21 heavy (non-hydrogen) atoms. The van der Waals surface area contributed by atoms with Crippen molar-refractivity contribution in [2.75, 3.05) is 6.61 Å². The van der Waals surface area contributed by atoms with Crippen LogP contribution >= 0.6 is 0 Å². The summed E-state index contributed by atoms with van der Waals surface area (Å²) in [5.41, 5.74) is 2.00. The summed E-state index contributed by atoms with van der Waals surface area (Å²) in [4.78, 5) is 0.282. The van der Waals surface area contributed by atoms with Gasteiger partial charge in [-0.1, -0.05) is 37.3 Å². The first-order valence-corrected chi connectivity index (χ1v) is 8.41. The van der Waals surface area contributed by atoms with Crippen molar-refractivity contribution in [3.8, 4) is 5.75 Å². The molecular formula is C16H17NO3S. The molecule has 0 radical (unpaired) electrons. The molecule has 1 heterocycles. The Balaban J connectivity index is 1.83. The van der Waals surface area contributed by atoms with E-state index in [9.17, 15) is 8.42 Å². The van der Waals surface area contributed by atoms with Gasteiger partial charge in [-0.05, 0) is 30.2 Å². The normalized spacial score (nSPS) is 17.3. The summed E-state index contributed by atoms with van der Waals surface area (Å²) in [6.07, 6.45) is 0.887. The summed E-state index contributed by atoms with van der Waals surface area (Å²) in [6.45, 7) is 2.36. The third-order valence-corrected chi connectivity index (χ3v) is 5.13. The number of benzene rings is 2. The number of hydrogen-bond acceptors (Lipinski definition) is 3. The van der Waals surface area contributed by atoms with Crippen molar-refractivity contribution in [1.82, 2.24) is 4.72 Å². The number of fused-ring (bicyclic) bond motifs is 1. The molecule has 1 aliphatic rings. The van der Waals surface area contributed by atoms with Crippen molar-refractivity contribution in [3.63, 3.8) is 0 Å². The Hall–Kier alpha value is -1.85. The molecule has 0 saturated heterocycles. The number of rotatable bonds is 4. The highest BCUT2D eigenvalue weighted by Gasteiger charge is 2.28. The molecule has 1 atom stereocenters. The summed E-state index contributed by atoms with van der Waals surface area (Å²) in [7, 11) is -3.54. The Morgan fingerprint density at radius 2 is 1.86 bits per heavy atom. The van der Waals surface area contributed by atoms with E-state index < -0.39 is 10.0 Å². The van der Waals surface area contributed by atoms with Crippen LogP contribution in [0, 0.1) is 0 Å². The minimum atomic E-state index is -3.54. The zero-order chi connectivity index (χ0) is 14.9. The molecule has 4 nitrogen and oxygen atoms in total. The minimum Gasteiger partial charge on any atom is -0.491 e. The summed E-state index contributed by atoms with van der Waals surface area (Å²) in [5, 5.41) is 0. The predicted octanol–water partition coefficient (Wildman–Crippen LogP) is 2.66. The maximum absolute atomic E-state index is 12.4. The van der Waals surface area contributed by atoms with Crippen LogP contribution in [-0.2, 0) is 16.4 Å². The van der Waals surface area contributed by atoms with Gasteiger partial charge in [-0.15, -0.1) is 0 Å². The van der Waals surface area contributed by atoms with E-state index in [0.29, 0.717) is 6.61 Å². The van der Waals surface area contributed by atoms with Gasteiger partial charge in [-0.3, -0.25) is 0 Å². The van der Waals surface area contributed by atoms with Gasteiger partial charge in [0.05, 0.1) is 10.9 Å². The Kier molecular flexibility index (Phi) is 3.69. The van der Waals surface area contributed by atoms with Gasteiger partial charge in [0.1, 0.15) is 12.4 Å². The predicted molar refractivity (Wildman–Crippen MR) is 80.8 cm³/mol. The van der Waals surface area contributed by atoms with Crippen molar-refractivity contribution in [2.45, 2.75) is 24.3 Å². The van der Waals surface area contributed by atoms with Crippen molar-refractivity contribution < 1.29 is 13.2 Å². The van der Waals surface area contributed by atoms with E-state index in [1.807, 2.05) is 43.3 Å². The molecule has 1 unspecified atom stereocenters. The fourth-order valence-electron chi connectivity index (χ4n) is 2.42. The Morgan fingerprint density at radius 1 is 1.14 bits per heavy atom. The van der Waals surface area contributed by atoms with Gasteiger partial charge in [0.2, 0.25) is 10.0 Å². The number of para-hydroxylation sites is 1. The highest BCUT2D eigenvalue weighted by Crippen LogP contribution is 2.32. The van der Waals surface area contributed by atoms with Crippen LogP contribution in [0.1, 0.15) is 24.1 Å². The monoisotopic (exact) mass is 303 g/mol. The van der Waals surface area contributed by atoms with Gasteiger partial charge in [-0.2, -0.15) is 0 Å². The molecule has 3 rings (SSSR count). The Labute approximate surface area is 124 Å². The average Bonchev–Trinajstić information content (AvgIpc) is 2.90. The van der Waals surface area contributed by atoms with Crippen molar-refractivity contribution >= 4 is 10.0 Å². The lowest BCUT2D eigenvalue weighted by atomic mass is 10.1. The first kappa shape index (κ1) is 14.1. The van der Waals surface area contributed by atoms with Crippen LogP contribution in [0.3, 0.4) is 0 Å². The molecule has 1 N–H and O–H groups in total. The molecule has 5 heteroatoms. The van der Waals surface area contributed by atoms with Crippen molar-refractivity contribution in [2.24, 2.45) is 0 Å². The van der Waals surface area contributed by atoms with Crippen molar-refractivity contribution in [3.05, 3.63) is 59.7 Å². The van der Waals surface area contributed by atoms with E-state index in [-0.39, 0.29) is 10.9 Å². The highest BCUT2D eigenvalue weighted by atomic mass is 32.2. The second-order valence-electron chi connectivity index (χ2n) is 5.02. The largest absolute Gasteiger partial charge is 0.491 e. The molecule has 2 aromatic rings. The fourth-order valence-corrected chi connectivity index (χ4v) is 3.62. The fraction of sp³-hybridized carbons (Fsp3) is 0.250. The van der Waals surface area contributed by atoms with E-state index in [4.69, 9.17) is 4.74 Å². The second kappa shape index (κ2) is 5.50. The Bertz CT molecular complexity index is 738. The molecular weight excluding hydrogens is 286 g/mol. The zero-order valence-electron chi connectivity index (χ0n) is 11.7. The lowest BCUT2D eigenvalue weighted by Crippen LogP contribution is -2.29. The van der Waals surface area contributed by atoms with Crippen molar-refractivity contribution in [1.29, 1.82) is 0 Å². The van der Waals surface area contributed by atoms with Crippen LogP contribution in [0.25, 0.3) is 0 Å². The molecule has 0 bridgehead atoms. The number of nitrogens with one attached hydrogen (secondary N) is 1. The van der Waals surface area contributed by atoms with E-state index >= 15 is 0 Å². The van der Waals surface area contributed by atoms with Crippen LogP contribution in [0.15, 0.2) is 53.4 Å². The van der Waals surface area contributed by atoms with Crippen LogP contribution in [-0.4, -0.2) is 15.0 Å². The first-order chi connectivity index (χ1) is 10.1. The third kappa shape index (κ3) is 2.80. The molecule has 0 aromatic heterocycles. The third-order valence-electron chi connectivity index (χ3n) is 3.64. The van der Waals surface area contributed by atoms with E-state index in [2.05, 4.69) is 4.72 Å². The molecule has 2 aromatic carbocycles. The molecule has 0 amide bonds. The SMILES string of the molecule is CCc1ccc(S(=O)(=O)NC2COc3ccccc32)cc1. The topological polar surface area (TPSA) is 55.4 Å². The van der Waals surface area contributed by atoms with E-state index in [0.717, 1.165) is 23.3 Å². The highest BCUT2D eigenvalue weighted by molar-refractivity contribution is 7.89. The zero-order valence-corrected chi connectivity index (χ0v) is 12.6. The lowest BCUT2D eigenvalue weighted by Gasteiger charge is -2.12. The van der Waals surface area contributed by atoms with Gasteiger partial charge >= 0.3 is 0 Å². The summed E-state index contributed by atoms with van der Waals surface area (Å²) in [5.74, 6) is 0.742. The average molecular weight is 303 g/mol. The molecule has 0 spiro atoms. The van der Waals surface area contributed by atoms with E-state index in [1.54, 1.807) is 12.1 Å². The Morgan fingerprint density at radius 3 is 2.57 bits per heavy atom. The number of sulfonamides is 1. The molecule has 0 saturated carbocycles. The van der Waals surface area contributed by atoms with Crippen LogP contribution in [0.5, 0.6) is 5.75 Å². The molecule has 1 aliphatic heterocycles. The lowest BCUT2D eigenvalue weighted by molar-refractivity contribution is 0.325. The summed E-state index contributed by atoms with van der Waals surface area (Å²) < 4.78 is 33.1. The van der Waals surface area contributed by atoms with Gasteiger partial charge in [0.15, 0.2) is 0 Å². The minimum absolute atomic E-state index is 0.282. The maximum Gasteiger partial charge on any atom is 0.241 e. The number of ether oxygens (including phenoxy) is 1. The van der Waals surface area contributed by atoms with Crippen LogP contribution < -0.4 is 9.46 Å².